The number of benzene rings is 1. The zero-order valence-electron chi connectivity index (χ0n) is 15.2. The van der Waals surface area contributed by atoms with Crippen LogP contribution in [0.5, 0.6) is 5.75 Å². The predicted octanol–water partition coefficient (Wildman–Crippen LogP) is 1.92. The minimum Gasteiger partial charge on any atom is -0.497 e. The third-order valence-electron chi connectivity index (χ3n) is 4.43. The van der Waals surface area contributed by atoms with Gasteiger partial charge in [-0.25, -0.2) is 0 Å². The number of hydrogen-bond donors (Lipinski definition) is 1. The van der Waals surface area contributed by atoms with Crippen LogP contribution in [0.15, 0.2) is 24.3 Å². The maximum absolute atomic E-state index is 12.6. The van der Waals surface area contributed by atoms with Crippen molar-refractivity contribution in [3.63, 3.8) is 0 Å². The first-order valence-corrected chi connectivity index (χ1v) is 8.40. The van der Waals surface area contributed by atoms with E-state index in [1.54, 1.807) is 42.0 Å². The van der Waals surface area contributed by atoms with Crippen molar-refractivity contribution in [3.05, 3.63) is 29.8 Å². The van der Waals surface area contributed by atoms with Gasteiger partial charge in [-0.05, 0) is 31.5 Å². The Morgan fingerprint density at radius 1 is 1.20 bits per heavy atom. The van der Waals surface area contributed by atoms with Crippen molar-refractivity contribution in [2.24, 2.45) is 5.73 Å². The number of halogens is 1. The van der Waals surface area contributed by atoms with Crippen molar-refractivity contribution in [2.45, 2.75) is 32.2 Å². The molecule has 1 aliphatic rings. The van der Waals surface area contributed by atoms with Gasteiger partial charge in [0.25, 0.3) is 5.91 Å². The smallest absolute Gasteiger partial charge is 0.254 e. The molecule has 1 heterocycles. The third-order valence-corrected chi connectivity index (χ3v) is 4.43. The average molecular weight is 370 g/mol. The molecule has 0 bridgehead atoms. The molecule has 0 radical (unpaired) electrons. The SMILES string of the molecule is CCCC(C)(N)C(=O)N1CCN(C(=O)c2cccc(OC)c2)CC1.Cl. The van der Waals surface area contributed by atoms with E-state index in [0.717, 1.165) is 6.42 Å². The van der Waals surface area contributed by atoms with Crippen molar-refractivity contribution in [1.29, 1.82) is 0 Å². The molecule has 2 rings (SSSR count). The average Bonchev–Trinajstić information content (AvgIpc) is 2.60. The number of nitrogens with two attached hydrogens (primary N) is 1. The Morgan fingerprint density at radius 3 is 2.36 bits per heavy atom. The summed E-state index contributed by atoms with van der Waals surface area (Å²) in [5.41, 5.74) is 5.91. The normalized spacial score (nSPS) is 16.6. The lowest BCUT2D eigenvalue weighted by molar-refractivity contribution is -0.138. The van der Waals surface area contributed by atoms with Crippen molar-refractivity contribution in [3.8, 4) is 5.75 Å². The molecule has 0 aromatic heterocycles. The number of ether oxygens (including phenoxy) is 1. The number of hydrogen-bond acceptors (Lipinski definition) is 4. The van der Waals surface area contributed by atoms with Gasteiger partial charge in [-0.3, -0.25) is 9.59 Å². The Kier molecular flexibility index (Phi) is 7.70. The summed E-state index contributed by atoms with van der Waals surface area (Å²) in [5.74, 6) is 0.594. The summed E-state index contributed by atoms with van der Waals surface area (Å²) >= 11 is 0. The number of amides is 2. The molecule has 25 heavy (non-hydrogen) atoms. The van der Waals surface area contributed by atoms with Crippen molar-refractivity contribution in [1.82, 2.24) is 9.80 Å². The minimum absolute atomic E-state index is 0. The maximum Gasteiger partial charge on any atom is 0.254 e. The fourth-order valence-electron chi connectivity index (χ4n) is 3.04. The van der Waals surface area contributed by atoms with E-state index in [2.05, 4.69) is 0 Å². The molecule has 1 aromatic carbocycles. The van der Waals surface area contributed by atoms with Crippen LogP contribution in [-0.2, 0) is 4.79 Å². The highest BCUT2D eigenvalue weighted by Gasteiger charge is 2.34. The first kappa shape index (κ1) is 21.3. The molecule has 1 atom stereocenters. The van der Waals surface area contributed by atoms with E-state index in [9.17, 15) is 9.59 Å². The van der Waals surface area contributed by atoms with E-state index in [0.29, 0.717) is 43.9 Å². The largest absolute Gasteiger partial charge is 0.497 e. The lowest BCUT2D eigenvalue weighted by Gasteiger charge is -2.38. The molecule has 2 amide bonds. The zero-order chi connectivity index (χ0) is 17.7. The van der Waals surface area contributed by atoms with Crippen LogP contribution in [0.1, 0.15) is 37.0 Å². The molecule has 2 N–H and O–H groups in total. The second kappa shape index (κ2) is 9.06. The molecule has 1 aromatic rings. The highest BCUT2D eigenvalue weighted by molar-refractivity contribution is 5.95. The van der Waals surface area contributed by atoms with Gasteiger partial charge in [0.2, 0.25) is 5.91 Å². The summed E-state index contributed by atoms with van der Waals surface area (Å²) in [4.78, 5) is 28.6. The Labute approximate surface area is 155 Å². The molecule has 6 nitrogen and oxygen atoms in total. The molecule has 0 spiro atoms. The summed E-state index contributed by atoms with van der Waals surface area (Å²) in [5, 5.41) is 0. The molecule has 7 heteroatoms. The van der Waals surface area contributed by atoms with Gasteiger partial charge in [0.15, 0.2) is 0 Å². The Bertz CT molecular complexity index is 599. The second-order valence-electron chi connectivity index (χ2n) is 6.48. The van der Waals surface area contributed by atoms with Gasteiger partial charge in [-0.15, -0.1) is 12.4 Å². The van der Waals surface area contributed by atoms with E-state index in [-0.39, 0.29) is 24.2 Å². The van der Waals surface area contributed by atoms with Crippen LogP contribution < -0.4 is 10.5 Å². The van der Waals surface area contributed by atoms with E-state index in [1.807, 2.05) is 13.0 Å². The predicted molar refractivity (Wildman–Crippen MR) is 100 cm³/mol. The summed E-state index contributed by atoms with van der Waals surface area (Å²) in [7, 11) is 1.58. The highest BCUT2D eigenvalue weighted by Crippen LogP contribution is 2.18. The summed E-state index contributed by atoms with van der Waals surface area (Å²) < 4.78 is 5.16. The van der Waals surface area contributed by atoms with E-state index >= 15 is 0 Å². The van der Waals surface area contributed by atoms with E-state index in [1.165, 1.54) is 0 Å². The number of piperazine rings is 1. The summed E-state index contributed by atoms with van der Waals surface area (Å²) in [6, 6.07) is 7.12. The Balaban J connectivity index is 0.00000312. The van der Waals surface area contributed by atoms with Crippen LogP contribution in [0, 0.1) is 0 Å². The van der Waals surface area contributed by atoms with Gasteiger partial charge in [0.1, 0.15) is 5.75 Å². The van der Waals surface area contributed by atoms with Gasteiger partial charge in [0, 0.05) is 31.7 Å². The maximum atomic E-state index is 12.6. The van der Waals surface area contributed by atoms with Gasteiger partial charge in [-0.2, -0.15) is 0 Å². The monoisotopic (exact) mass is 369 g/mol. The first-order valence-electron chi connectivity index (χ1n) is 8.40. The van der Waals surface area contributed by atoms with Crippen LogP contribution in [0.2, 0.25) is 0 Å². The molecular formula is C18H28ClN3O3. The molecule has 1 fully saturated rings. The number of nitrogens with zero attached hydrogens (tertiary/aromatic N) is 2. The van der Waals surface area contributed by atoms with Gasteiger partial charge in [-0.1, -0.05) is 19.4 Å². The fraction of sp³-hybridized carbons (Fsp3) is 0.556. The number of carbonyl (C=O) groups excluding carboxylic acids is 2. The van der Waals surface area contributed by atoms with Crippen LogP contribution in [-0.4, -0.2) is 60.4 Å². The first-order chi connectivity index (χ1) is 11.4. The summed E-state index contributed by atoms with van der Waals surface area (Å²) in [6.07, 6.45) is 1.53. The van der Waals surface area contributed by atoms with Crippen LogP contribution in [0.4, 0.5) is 0 Å². The number of carbonyl (C=O) groups is 2. The minimum atomic E-state index is -0.826. The standard InChI is InChI=1S/C18H27N3O3.ClH/c1-4-8-18(2,19)17(23)21-11-9-20(10-12-21)16(22)14-6-5-7-15(13-14)24-3;/h5-7,13H,4,8-12,19H2,1-3H3;1H. The third kappa shape index (κ3) is 5.09. The van der Waals surface area contributed by atoms with Crippen molar-refractivity contribution >= 4 is 24.2 Å². The molecular weight excluding hydrogens is 342 g/mol. The molecule has 140 valence electrons. The molecule has 0 aliphatic carbocycles. The quantitative estimate of drug-likeness (QED) is 0.860. The van der Waals surface area contributed by atoms with Crippen molar-refractivity contribution in [2.75, 3.05) is 33.3 Å². The molecule has 1 saturated heterocycles. The highest BCUT2D eigenvalue weighted by atomic mass is 35.5. The second-order valence-corrected chi connectivity index (χ2v) is 6.48. The lowest BCUT2D eigenvalue weighted by Crippen LogP contribution is -2.58. The topological polar surface area (TPSA) is 75.9 Å². The van der Waals surface area contributed by atoms with Gasteiger partial charge >= 0.3 is 0 Å². The number of methoxy groups -OCH3 is 1. The Hall–Kier alpha value is -1.79. The Morgan fingerprint density at radius 2 is 1.80 bits per heavy atom. The van der Waals surface area contributed by atoms with Crippen LogP contribution in [0.25, 0.3) is 0 Å². The van der Waals surface area contributed by atoms with Crippen LogP contribution >= 0.6 is 12.4 Å². The van der Waals surface area contributed by atoms with Gasteiger partial charge < -0.3 is 20.3 Å². The molecule has 1 aliphatic heterocycles. The van der Waals surface area contributed by atoms with Crippen molar-refractivity contribution < 1.29 is 14.3 Å². The van der Waals surface area contributed by atoms with E-state index in [4.69, 9.17) is 10.5 Å². The van der Waals surface area contributed by atoms with Gasteiger partial charge in [0.05, 0.1) is 12.6 Å². The summed E-state index contributed by atoms with van der Waals surface area (Å²) in [6.45, 7) is 5.87. The molecule has 1 unspecified atom stereocenters. The fourth-order valence-corrected chi connectivity index (χ4v) is 3.04. The lowest BCUT2D eigenvalue weighted by atomic mass is 9.95. The number of rotatable bonds is 5. The zero-order valence-corrected chi connectivity index (χ0v) is 16.0. The van der Waals surface area contributed by atoms with Crippen LogP contribution in [0.3, 0.4) is 0 Å². The molecule has 0 saturated carbocycles. The van der Waals surface area contributed by atoms with E-state index < -0.39 is 5.54 Å².